The highest BCUT2D eigenvalue weighted by molar-refractivity contribution is 7.92. The van der Waals surface area contributed by atoms with Crippen LogP contribution in [0.4, 0.5) is 10.8 Å². The van der Waals surface area contributed by atoms with Gasteiger partial charge in [0, 0.05) is 23.6 Å². The average molecular weight is 478 g/mol. The van der Waals surface area contributed by atoms with Gasteiger partial charge in [-0.2, -0.15) is 0 Å². The number of rotatable bonds is 7. The van der Waals surface area contributed by atoms with Crippen molar-refractivity contribution in [3.63, 3.8) is 0 Å². The van der Waals surface area contributed by atoms with Crippen LogP contribution in [-0.2, 0) is 16.4 Å². The van der Waals surface area contributed by atoms with Crippen LogP contribution in [0, 0.1) is 0 Å². The molecule has 0 aliphatic heterocycles. The third-order valence-corrected chi connectivity index (χ3v) is 7.83. The first-order chi connectivity index (χ1) is 15.9. The van der Waals surface area contributed by atoms with Crippen molar-refractivity contribution >= 4 is 38.1 Å². The smallest absolute Gasteiger partial charge is 0.264 e. The van der Waals surface area contributed by atoms with Gasteiger partial charge in [-0.3, -0.25) is 14.4 Å². The number of thiazole rings is 1. The normalized spacial score (nSPS) is 11.2. The Morgan fingerprint density at radius 1 is 0.970 bits per heavy atom. The van der Waals surface area contributed by atoms with Crippen LogP contribution in [0.25, 0.3) is 11.3 Å². The summed E-state index contributed by atoms with van der Waals surface area (Å²) in [4.78, 5) is 17.3. The second kappa shape index (κ2) is 9.56. The van der Waals surface area contributed by atoms with Crippen LogP contribution in [-0.4, -0.2) is 26.4 Å². The van der Waals surface area contributed by atoms with Gasteiger partial charge in [-0.15, -0.1) is 11.3 Å². The van der Waals surface area contributed by atoms with E-state index in [4.69, 9.17) is 0 Å². The lowest BCUT2D eigenvalue weighted by molar-refractivity contribution is 0.102. The number of carbonyl (C=O) groups excluding carboxylic acids is 1. The molecule has 33 heavy (non-hydrogen) atoms. The number of carbonyl (C=O) groups is 1. The second-order valence-electron chi connectivity index (χ2n) is 7.37. The zero-order valence-corrected chi connectivity index (χ0v) is 19.9. The van der Waals surface area contributed by atoms with Crippen molar-refractivity contribution in [2.75, 3.05) is 16.7 Å². The minimum Gasteiger partial charge on any atom is -0.298 e. The van der Waals surface area contributed by atoms with Crippen LogP contribution in [0.3, 0.4) is 0 Å². The molecule has 1 heterocycles. The number of aryl methyl sites for hydroxylation is 1. The summed E-state index contributed by atoms with van der Waals surface area (Å²) in [6.07, 6.45) is 0.973. The number of amides is 1. The summed E-state index contributed by atoms with van der Waals surface area (Å²) in [6, 6.07) is 22.9. The van der Waals surface area contributed by atoms with E-state index in [0.717, 1.165) is 17.7 Å². The Bertz CT molecular complexity index is 1350. The van der Waals surface area contributed by atoms with Crippen molar-refractivity contribution < 1.29 is 13.2 Å². The molecular formula is C25H23N3O3S2. The third-order valence-electron chi connectivity index (χ3n) is 5.28. The van der Waals surface area contributed by atoms with Gasteiger partial charge in [0.15, 0.2) is 5.13 Å². The maximum absolute atomic E-state index is 12.9. The Morgan fingerprint density at radius 3 is 2.27 bits per heavy atom. The number of hydrogen-bond acceptors (Lipinski definition) is 5. The Morgan fingerprint density at radius 2 is 1.64 bits per heavy atom. The highest BCUT2D eigenvalue weighted by Crippen LogP contribution is 2.26. The molecule has 0 saturated carbocycles. The lowest BCUT2D eigenvalue weighted by Crippen LogP contribution is -2.26. The second-order valence-corrected chi connectivity index (χ2v) is 10.2. The molecule has 0 fully saturated rings. The number of benzene rings is 3. The van der Waals surface area contributed by atoms with Crippen molar-refractivity contribution in [3.05, 3.63) is 95.4 Å². The molecule has 1 aromatic heterocycles. The number of aromatic nitrogens is 1. The van der Waals surface area contributed by atoms with E-state index in [0.29, 0.717) is 16.4 Å². The Kier molecular flexibility index (Phi) is 6.57. The minimum atomic E-state index is -3.73. The maximum atomic E-state index is 12.9. The molecule has 4 rings (SSSR count). The molecule has 0 saturated heterocycles. The van der Waals surface area contributed by atoms with E-state index in [1.54, 1.807) is 24.3 Å². The van der Waals surface area contributed by atoms with Gasteiger partial charge in [0.2, 0.25) is 0 Å². The van der Waals surface area contributed by atoms with E-state index < -0.39 is 10.0 Å². The topological polar surface area (TPSA) is 79.4 Å². The number of nitrogens with one attached hydrogen (secondary N) is 1. The molecular weight excluding hydrogens is 454 g/mol. The summed E-state index contributed by atoms with van der Waals surface area (Å²) >= 11 is 1.34. The maximum Gasteiger partial charge on any atom is 0.264 e. The van der Waals surface area contributed by atoms with E-state index in [9.17, 15) is 13.2 Å². The first-order valence-corrected chi connectivity index (χ1v) is 12.7. The highest BCUT2D eigenvalue weighted by atomic mass is 32.2. The van der Waals surface area contributed by atoms with Crippen molar-refractivity contribution in [2.45, 2.75) is 18.2 Å². The molecule has 0 radical (unpaired) electrons. The first-order valence-electron chi connectivity index (χ1n) is 10.4. The quantitative estimate of drug-likeness (QED) is 0.384. The predicted molar refractivity (Wildman–Crippen MR) is 133 cm³/mol. The average Bonchev–Trinajstić information content (AvgIpc) is 3.32. The number of nitrogens with zero attached hydrogens (tertiary/aromatic N) is 2. The fraction of sp³-hybridized carbons (Fsp3) is 0.120. The Hall–Kier alpha value is -3.49. The SMILES string of the molecule is CCc1ccc(-c2csc(NC(=O)c3ccc(S(=O)(=O)N(C)c4ccccc4)cc3)n2)cc1. The molecule has 3 aromatic carbocycles. The molecule has 168 valence electrons. The molecule has 1 N–H and O–H groups in total. The van der Waals surface area contributed by atoms with Crippen LogP contribution in [0.1, 0.15) is 22.8 Å². The van der Waals surface area contributed by atoms with Gasteiger partial charge < -0.3 is 0 Å². The van der Waals surface area contributed by atoms with Crippen LogP contribution in [0.2, 0.25) is 0 Å². The number of hydrogen-bond donors (Lipinski definition) is 1. The van der Waals surface area contributed by atoms with Gasteiger partial charge in [0.1, 0.15) is 0 Å². The van der Waals surface area contributed by atoms with Gasteiger partial charge in [-0.25, -0.2) is 13.4 Å². The predicted octanol–water partition coefficient (Wildman–Crippen LogP) is 5.45. The van der Waals surface area contributed by atoms with Gasteiger partial charge >= 0.3 is 0 Å². The van der Waals surface area contributed by atoms with Crippen LogP contribution in [0.5, 0.6) is 0 Å². The first kappa shape index (κ1) is 22.7. The summed E-state index contributed by atoms with van der Waals surface area (Å²) in [7, 11) is -2.23. The van der Waals surface area contributed by atoms with E-state index in [1.807, 2.05) is 23.6 Å². The van der Waals surface area contributed by atoms with Gasteiger partial charge in [-0.1, -0.05) is 49.4 Å². The number of para-hydroxylation sites is 1. The Labute approximate surface area is 197 Å². The lowest BCUT2D eigenvalue weighted by Gasteiger charge is -2.19. The third kappa shape index (κ3) is 4.97. The van der Waals surface area contributed by atoms with Gasteiger partial charge in [0.25, 0.3) is 15.9 Å². The molecule has 0 aliphatic carbocycles. The molecule has 0 bridgehead atoms. The molecule has 0 aliphatic rings. The number of anilines is 2. The summed E-state index contributed by atoms with van der Waals surface area (Å²) < 4.78 is 27.0. The standard InChI is InChI=1S/C25H23N3O3S2/c1-3-18-9-11-19(12-10-18)23-17-32-25(26-23)27-24(29)20-13-15-22(16-14-20)33(30,31)28(2)21-7-5-4-6-8-21/h4-17H,3H2,1-2H3,(H,26,27,29). The fourth-order valence-electron chi connectivity index (χ4n) is 3.26. The molecule has 4 aromatic rings. The van der Waals surface area contributed by atoms with Crippen LogP contribution < -0.4 is 9.62 Å². The van der Waals surface area contributed by atoms with Crippen molar-refractivity contribution in [1.29, 1.82) is 0 Å². The largest absolute Gasteiger partial charge is 0.298 e. The molecule has 0 atom stereocenters. The summed E-state index contributed by atoms with van der Waals surface area (Å²) in [6.45, 7) is 2.11. The molecule has 0 unspecified atom stereocenters. The summed E-state index contributed by atoms with van der Waals surface area (Å²) in [5, 5.41) is 5.16. The van der Waals surface area contributed by atoms with E-state index in [-0.39, 0.29) is 10.8 Å². The number of sulfonamides is 1. The van der Waals surface area contributed by atoms with E-state index >= 15 is 0 Å². The molecule has 6 nitrogen and oxygen atoms in total. The summed E-state index contributed by atoms with van der Waals surface area (Å²) in [5.41, 5.74) is 3.94. The van der Waals surface area contributed by atoms with E-state index in [1.165, 1.54) is 52.5 Å². The molecule has 1 amide bonds. The molecule has 0 spiro atoms. The van der Waals surface area contributed by atoms with Crippen molar-refractivity contribution in [1.82, 2.24) is 4.98 Å². The molecule has 8 heteroatoms. The van der Waals surface area contributed by atoms with Crippen LogP contribution >= 0.6 is 11.3 Å². The van der Waals surface area contributed by atoms with Crippen molar-refractivity contribution in [3.8, 4) is 11.3 Å². The summed E-state index contributed by atoms with van der Waals surface area (Å²) in [5.74, 6) is -0.349. The lowest BCUT2D eigenvalue weighted by atomic mass is 10.1. The van der Waals surface area contributed by atoms with Gasteiger partial charge in [0.05, 0.1) is 16.3 Å². The van der Waals surface area contributed by atoms with E-state index in [2.05, 4.69) is 29.4 Å². The van der Waals surface area contributed by atoms with Crippen molar-refractivity contribution in [2.24, 2.45) is 0 Å². The minimum absolute atomic E-state index is 0.109. The fourth-order valence-corrected chi connectivity index (χ4v) is 5.17. The zero-order chi connectivity index (χ0) is 23.4. The highest BCUT2D eigenvalue weighted by Gasteiger charge is 2.21. The van der Waals surface area contributed by atoms with Crippen LogP contribution in [0.15, 0.2) is 89.1 Å². The Balaban J connectivity index is 1.46. The zero-order valence-electron chi connectivity index (χ0n) is 18.2. The monoisotopic (exact) mass is 477 g/mol. The van der Waals surface area contributed by atoms with Gasteiger partial charge in [-0.05, 0) is 48.4 Å².